The molecular weight excluding hydrogens is 350 g/mol. The first kappa shape index (κ1) is 16.1. The zero-order valence-corrected chi connectivity index (χ0v) is 15.5. The molecule has 0 spiro atoms. The molecule has 1 N–H and O–H groups in total. The highest BCUT2D eigenvalue weighted by Crippen LogP contribution is 2.38. The number of rotatable bonds is 5. The summed E-state index contributed by atoms with van der Waals surface area (Å²) in [5.41, 5.74) is 2.28. The number of aromatic nitrogens is 2. The number of hydrogen-bond acceptors (Lipinski definition) is 6. The second-order valence-electron chi connectivity index (χ2n) is 5.66. The van der Waals surface area contributed by atoms with Gasteiger partial charge in [0, 0.05) is 15.8 Å². The molecule has 4 nitrogen and oxygen atoms in total. The van der Waals surface area contributed by atoms with Crippen molar-refractivity contribution in [3.8, 4) is 16.9 Å². The molecule has 6 heteroatoms. The molecule has 3 aromatic heterocycles. The summed E-state index contributed by atoms with van der Waals surface area (Å²) in [5, 5.41) is 8.85. The van der Waals surface area contributed by atoms with Gasteiger partial charge < -0.3 is 10.1 Å². The van der Waals surface area contributed by atoms with E-state index in [4.69, 9.17) is 4.74 Å². The molecular formula is C19H17N3OS2. The minimum absolute atomic E-state index is 0.196. The predicted molar refractivity (Wildman–Crippen MR) is 106 cm³/mol. The van der Waals surface area contributed by atoms with Crippen molar-refractivity contribution in [1.29, 1.82) is 0 Å². The van der Waals surface area contributed by atoms with E-state index >= 15 is 0 Å². The fourth-order valence-electron chi connectivity index (χ4n) is 2.78. The van der Waals surface area contributed by atoms with Crippen molar-refractivity contribution >= 4 is 38.7 Å². The van der Waals surface area contributed by atoms with E-state index in [-0.39, 0.29) is 6.04 Å². The summed E-state index contributed by atoms with van der Waals surface area (Å²) in [5.74, 6) is 1.72. The molecule has 0 saturated carbocycles. The Bertz CT molecular complexity index is 978. The van der Waals surface area contributed by atoms with Gasteiger partial charge in [0.2, 0.25) is 0 Å². The van der Waals surface area contributed by atoms with E-state index in [9.17, 15) is 0 Å². The standard InChI is InChI=1S/C19H17N3OS2/c1-12(16-4-3-9-24-16)22-18-17-15(10-25-19(17)21-11-20-18)13-5-7-14(23-2)8-6-13/h3-12H,1-2H3,(H,20,21,22)/t12-/m0/s1. The Morgan fingerprint density at radius 1 is 1.08 bits per heavy atom. The van der Waals surface area contributed by atoms with E-state index in [1.165, 1.54) is 4.88 Å². The maximum Gasteiger partial charge on any atom is 0.139 e. The first-order valence-corrected chi connectivity index (χ1v) is 9.69. The van der Waals surface area contributed by atoms with Gasteiger partial charge in [-0.05, 0) is 36.1 Å². The quantitative estimate of drug-likeness (QED) is 0.499. The van der Waals surface area contributed by atoms with Crippen molar-refractivity contribution < 1.29 is 4.74 Å². The number of fused-ring (bicyclic) bond motifs is 1. The molecule has 3 heterocycles. The van der Waals surface area contributed by atoms with Gasteiger partial charge in [-0.2, -0.15) is 0 Å². The van der Waals surface area contributed by atoms with Crippen LogP contribution in [-0.4, -0.2) is 17.1 Å². The van der Waals surface area contributed by atoms with Crippen LogP contribution in [0.2, 0.25) is 0 Å². The Hall–Kier alpha value is -2.44. The fraction of sp³-hybridized carbons (Fsp3) is 0.158. The number of hydrogen-bond donors (Lipinski definition) is 1. The van der Waals surface area contributed by atoms with Gasteiger partial charge in [0.25, 0.3) is 0 Å². The van der Waals surface area contributed by atoms with Crippen LogP contribution < -0.4 is 10.1 Å². The first-order chi connectivity index (χ1) is 12.3. The highest BCUT2D eigenvalue weighted by atomic mass is 32.1. The smallest absolute Gasteiger partial charge is 0.139 e. The summed E-state index contributed by atoms with van der Waals surface area (Å²) in [7, 11) is 1.68. The van der Waals surface area contributed by atoms with Gasteiger partial charge >= 0.3 is 0 Å². The number of nitrogens with zero attached hydrogens (tertiary/aromatic N) is 2. The lowest BCUT2D eigenvalue weighted by Crippen LogP contribution is -2.07. The second kappa shape index (κ2) is 6.82. The number of nitrogens with one attached hydrogen (secondary N) is 1. The van der Waals surface area contributed by atoms with Gasteiger partial charge in [-0.1, -0.05) is 18.2 Å². The van der Waals surface area contributed by atoms with Crippen LogP contribution in [0.4, 0.5) is 5.82 Å². The summed E-state index contributed by atoms with van der Waals surface area (Å²) in [4.78, 5) is 11.2. The van der Waals surface area contributed by atoms with Gasteiger partial charge in [0.1, 0.15) is 22.7 Å². The lowest BCUT2D eigenvalue weighted by atomic mass is 10.1. The second-order valence-corrected chi connectivity index (χ2v) is 7.50. The number of benzene rings is 1. The molecule has 0 aliphatic carbocycles. The first-order valence-electron chi connectivity index (χ1n) is 7.93. The summed E-state index contributed by atoms with van der Waals surface area (Å²) < 4.78 is 5.26. The predicted octanol–water partition coefficient (Wildman–Crippen LogP) is 5.60. The normalized spacial score (nSPS) is 12.2. The molecule has 0 fully saturated rings. The van der Waals surface area contributed by atoms with E-state index < -0.39 is 0 Å². The number of methoxy groups -OCH3 is 1. The zero-order valence-electron chi connectivity index (χ0n) is 13.9. The van der Waals surface area contributed by atoms with Crippen LogP contribution in [0.25, 0.3) is 21.3 Å². The SMILES string of the molecule is COc1ccc(-c2csc3ncnc(N[C@@H](C)c4cccs4)c23)cc1. The lowest BCUT2D eigenvalue weighted by molar-refractivity contribution is 0.415. The molecule has 0 amide bonds. The molecule has 0 radical (unpaired) electrons. The van der Waals surface area contributed by atoms with E-state index in [0.29, 0.717) is 0 Å². The average Bonchev–Trinajstić information content (AvgIpc) is 3.32. The van der Waals surface area contributed by atoms with E-state index in [0.717, 1.165) is 32.9 Å². The molecule has 25 heavy (non-hydrogen) atoms. The Morgan fingerprint density at radius 3 is 2.64 bits per heavy atom. The molecule has 0 unspecified atom stereocenters. The number of ether oxygens (including phenoxy) is 1. The number of anilines is 1. The highest BCUT2D eigenvalue weighted by molar-refractivity contribution is 7.17. The number of thiophene rings is 2. The van der Waals surface area contributed by atoms with E-state index in [1.807, 2.05) is 12.1 Å². The minimum atomic E-state index is 0.196. The molecule has 0 aliphatic rings. The van der Waals surface area contributed by atoms with Crippen molar-refractivity contribution in [2.45, 2.75) is 13.0 Å². The Labute approximate surface area is 154 Å². The van der Waals surface area contributed by atoms with Crippen molar-refractivity contribution in [1.82, 2.24) is 9.97 Å². The fourth-order valence-corrected chi connectivity index (χ4v) is 4.43. The zero-order chi connectivity index (χ0) is 17.2. The summed E-state index contributed by atoms with van der Waals surface area (Å²) in [6.07, 6.45) is 1.63. The molecule has 0 bridgehead atoms. The van der Waals surface area contributed by atoms with Crippen LogP contribution in [0.5, 0.6) is 5.75 Å². The van der Waals surface area contributed by atoms with Crippen molar-refractivity contribution in [3.63, 3.8) is 0 Å². The third-order valence-corrected chi connectivity index (χ3v) is 6.04. The Balaban J connectivity index is 1.76. The van der Waals surface area contributed by atoms with Crippen LogP contribution in [0, 0.1) is 0 Å². The largest absolute Gasteiger partial charge is 0.497 e. The van der Waals surface area contributed by atoms with Crippen LogP contribution in [0.1, 0.15) is 17.8 Å². The average molecular weight is 367 g/mol. The van der Waals surface area contributed by atoms with Gasteiger partial charge in [0.15, 0.2) is 0 Å². The molecule has 4 rings (SSSR count). The van der Waals surface area contributed by atoms with Crippen LogP contribution in [0.15, 0.2) is 53.5 Å². The monoisotopic (exact) mass is 367 g/mol. The van der Waals surface area contributed by atoms with Crippen LogP contribution >= 0.6 is 22.7 Å². The van der Waals surface area contributed by atoms with Crippen LogP contribution in [-0.2, 0) is 0 Å². The molecule has 0 saturated heterocycles. The lowest BCUT2D eigenvalue weighted by Gasteiger charge is -2.14. The third-order valence-electron chi connectivity index (χ3n) is 4.09. The van der Waals surface area contributed by atoms with Crippen molar-refractivity contribution in [2.75, 3.05) is 12.4 Å². The molecule has 126 valence electrons. The highest BCUT2D eigenvalue weighted by Gasteiger charge is 2.15. The molecule has 0 aliphatic heterocycles. The topological polar surface area (TPSA) is 47.0 Å². The van der Waals surface area contributed by atoms with Gasteiger partial charge in [-0.15, -0.1) is 22.7 Å². The third kappa shape index (κ3) is 3.10. The van der Waals surface area contributed by atoms with Crippen molar-refractivity contribution in [3.05, 3.63) is 58.4 Å². The molecule has 1 aromatic carbocycles. The Kier molecular flexibility index (Phi) is 4.38. The summed E-state index contributed by atoms with van der Waals surface area (Å²) >= 11 is 3.38. The maximum atomic E-state index is 5.26. The van der Waals surface area contributed by atoms with E-state index in [2.05, 4.69) is 57.2 Å². The maximum absolute atomic E-state index is 5.26. The Morgan fingerprint density at radius 2 is 1.92 bits per heavy atom. The van der Waals surface area contributed by atoms with Gasteiger partial charge in [-0.3, -0.25) is 0 Å². The minimum Gasteiger partial charge on any atom is -0.497 e. The molecule has 1 atom stereocenters. The van der Waals surface area contributed by atoms with Crippen LogP contribution in [0.3, 0.4) is 0 Å². The van der Waals surface area contributed by atoms with E-state index in [1.54, 1.807) is 36.1 Å². The van der Waals surface area contributed by atoms with Crippen molar-refractivity contribution in [2.24, 2.45) is 0 Å². The molecule has 4 aromatic rings. The summed E-state index contributed by atoms with van der Waals surface area (Å²) in [6.45, 7) is 2.15. The van der Waals surface area contributed by atoms with Gasteiger partial charge in [0.05, 0.1) is 18.5 Å². The summed E-state index contributed by atoms with van der Waals surface area (Å²) in [6, 6.07) is 12.5. The van der Waals surface area contributed by atoms with Gasteiger partial charge in [-0.25, -0.2) is 9.97 Å².